The fourth-order valence-electron chi connectivity index (χ4n) is 4.18. The van der Waals surface area contributed by atoms with Crippen LogP contribution in [0, 0.1) is 28.6 Å². The summed E-state index contributed by atoms with van der Waals surface area (Å²) in [5.41, 5.74) is 0.152. The Balaban J connectivity index is 1.96. The van der Waals surface area contributed by atoms with Crippen molar-refractivity contribution in [3.63, 3.8) is 0 Å². The second-order valence-electron chi connectivity index (χ2n) is 6.11. The number of benzene rings is 1. The number of aliphatic hydroxyl groups excluding tert-OH is 1. The first-order valence-electron chi connectivity index (χ1n) is 7.52. The van der Waals surface area contributed by atoms with E-state index in [4.69, 9.17) is 4.74 Å². The van der Waals surface area contributed by atoms with Gasteiger partial charge < -0.3 is 9.84 Å². The molecule has 0 amide bonds. The molecule has 3 nitrogen and oxygen atoms in total. The molecule has 0 aliphatic heterocycles. The summed E-state index contributed by atoms with van der Waals surface area (Å²) in [6.07, 6.45) is 3.47. The zero-order valence-corrected chi connectivity index (χ0v) is 11.9. The topological polar surface area (TPSA) is 53.2 Å². The van der Waals surface area contributed by atoms with Crippen molar-refractivity contribution in [2.24, 2.45) is 17.3 Å². The number of nitriles is 1. The van der Waals surface area contributed by atoms with Crippen molar-refractivity contribution < 1.29 is 9.84 Å². The molecule has 4 unspecified atom stereocenters. The van der Waals surface area contributed by atoms with E-state index >= 15 is 0 Å². The number of aliphatic hydroxyl groups is 1. The van der Waals surface area contributed by atoms with Crippen molar-refractivity contribution in [1.29, 1.82) is 5.26 Å². The van der Waals surface area contributed by atoms with Crippen molar-refractivity contribution in [3.05, 3.63) is 29.8 Å². The van der Waals surface area contributed by atoms with Gasteiger partial charge in [0.2, 0.25) is 0 Å². The largest absolute Gasteiger partial charge is 0.493 e. The SMILES string of the molecule is CCOc1ccccc1C(O)C1(C#N)CC2CCC1C2. The number of para-hydroxylation sites is 1. The molecule has 0 heterocycles. The highest BCUT2D eigenvalue weighted by Gasteiger charge is 2.56. The van der Waals surface area contributed by atoms with Crippen LogP contribution in [0.5, 0.6) is 5.75 Å². The highest BCUT2D eigenvalue weighted by Crippen LogP contribution is 2.61. The van der Waals surface area contributed by atoms with Gasteiger partial charge in [0, 0.05) is 5.56 Å². The summed E-state index contributed by atoms with van der Waals surface area (Å²) < 4.78 is 5.62. The van der Waals surface area contributed by atoms with Crippen molar-refractivity contribution in [2.75, 3.05) is 6.61 Å². The Labute approximate surface area is 120 Å². The molecule has 20 heavy (non-hydrogen) atoms. The van der Waals surface area contributed by atoms with Crippen LogP contribution >= 0.6 is 0 Å². The van der Waals surface area contributed by atoms with Gasteiger partial charge in [0.05, 0.1) is 18.1 Å². The third-order valence-corrected chi connectivity index (χ3v) is 5.11. The average Bonchev–Trinajstić information content (AvgIpc) is 3.08. The Morgan fingerprint density at radius 1 is 1.45 bits per heavy atom. The molecule has 3 rings (SSSR count). The average molecular weight is 271 g/mol. The molecule has 1 aromatic carbocycles. The van der Waals surface area contributed by atoms with Crippen LogP contribution in [0.1, 0.15) is 44.3 Å². The number of ether oxygens (including phenoxy) is 1. The molecule has 1 aromatic rings. The van der Waals surface area contributed by atoms with Gasteiger partial charge in [0.25, 0.3) is 0 Å². The van der Waals surface area contributed by atoms with Crippen molar-refractivity contribution in [2.45, 2.75) is 38.7 Å². The molecule has 2 aliphatic rings. The lowest BCUT2D eigenvalue weighted by Gasteiger charge is -2.36. The first-order chi connectivity index (χ1) is 9.71. The van der Waals surface area contributed by atoms with Crippen LogP contribution in [0.25, 0.3) is 0 Å². The summed E-state index contributed by atoms with van der Waals surface area (Å²) in [6, 6.07) is 10.0. The molecule has 0 saturated heterocycles. The molecule has 0 radical (unpaired) electrons. The summed E-state index contributed by atoms with van der Waals surface area (Å²) in [5, 5.41) is 20.6. The van der Waals surface area contributed by atoms with Gasteiger partial charge in [-0.25, -0.2) is 0 Å². The van der Waals surface area contributed by atoms with E-state index in [1.807, 2.05) is 31.2 Å². The lowest BCUT2D eigenvalue weighted by atomic mass is 9.68. The van der Waals surface area contributed by atoms with Crippen LogP contribution in [0.15, 0.2) is 24.3 Å². The van der Waals surface area contributed by atoms with Crippen LogP contribution in [0.4, 0.5) is 0 Å². The zero-order chi connectivity index (χ0) is 14.2. The lowest BCUT2D eigenvalue weighted by Crippen LogP contribution is -2.33. The molecule has 1 N–H and O–H groups in total. The third-order valence-electron chi connectivity index (χ3n) is 5.11. The zero-order valence-electron chi connectivity index (χ0n) is 11.9. The van der Waals surface area contributed by atoms with E-state index in [0.717, 1.165) is 24.8 Å². The van der Waals surface area contributed by atoms with E-state index in [2.05, 4.69) is 6.07 Å². The van der Waals surface area contributed by atoms with Crippen LogP contribution in [0.2, 0.25) is 0 Å². The summed E-state index contributed by atoms with van der Waals surface area (Å²) in [7, 11) is 0. The number of rotatable bonds is 4. The highest BCUT2D eigenvalue weighted by atomic mass is 16.5. The minimum Gasteiger partial charge on any atom is -0.493 e. The fraction of sp³-hybridized carbons (Fsp3) is 0.588. The molecule has 2 bridgehead atoms. The van der Waals surface area contributed by atoms with Gasteiger partial charge in [-0.05, 0) is 44.1 Å². The molecule has 0 aromatic heterocycles. The van der Waals surface area contributed by atoms with Gasteiger partial charge in [0.15, 0.2) is 0 Å². The number of hydrogen-bond acceptors (Lipinski definition) is 3. The highest BCUT2D eigenvalue weighted by molar-refractivity contribution is 5.38. The number of fused-ring (bicyclic) bond motifs is 2. The standard InChI is InChI=1S/C17H21NO2/c1-2-20-15-6-4-3-5-14(15)16(19)17(11-18)10-12-7-8-13(17)9-12/h3-6,12-13,16,19H,2,7-10H2,1H3. The third kappa shape index (κ3) is 1.91. The summed E-state index contributed by atoms with van der Waals surface area (Å²) in [5.74, 6) is 1.66. The minimum absolute atomic E-state index is 0.335. The monoisotopic (exact) mass is 271 g/mol. The van der Waals surface area contributed by atoms with E-state index in [9.17, 15) is 10.4 Å². The van der Waals surface area contributed by atoms with Crippen molar-refractivity contribution >= 4 is 0 Å². The molecule has 3 heteroatoms. The van der Waals surface area contributed by atoms with Gasteiger partial charge in [-0.3, -0.25) is 0 Å². The molecule has 4 atom stereocenters. The van der Waals surface area contributed by atoms with Crippen LogP contribution < -0.4 is 4.74 Å². The number of nitrogens with zero attached hydrogens (tertiary/aromatic N) is 1. The first kappa shape index (κ1) is 13.5. The second kappa shape index (κ2) is 5.10. The molecular weight excluding hydrogens is 250 g/mol. The van der Waals surface area contributed by atoms with Gasteiger partial charge in [0.1, 0.15) is 11.9 Å². The Morgan fingerprint density at radius 3 is 2.85 bits per heavy atom. The predicted molar refractivity (Wildman–Crippen MR) is 76.1 cm³/mol. The quantitative estimate of drug-likeness (QED) is 0.912. The fourth-order valence-corrected chi connectivity index (χ4v) is 4.18. The maximum atomic E-state index is 10.9. The molecule has 2 fully saturated rings. The van der Waals surface area contributed by atoms with Gasteiger partial charge >= 0.3 is 0 Å². The maximum absolute atomic E-state index is 10.9. The van der Waals surface area contributed by atoms with E-state index in [0.29, 0.717) is 24.2 Å². The summed E-state index contributed by atoms with van der Waals surface area (Å²) in [6.45, 7) is 2.50. The molecule has 2 aliphatic carbocycles. The second-order valence-corrected chi connectivity index (χ2v) is 6.11. The Kier molecular flexibility index (Phi) is 3.43. The van der Waals surface area contributed by atoms with E-state index in [1.165, 1.54) is 6.42 Å². The predicted octanol–water partition coefficient (Wildman–Crippen LogP) is 3.45. The van der Waals surface area contributed by atoms with E-state index in [-0.39, 0.29) is 0 Å². The smallest absolute Gasteiger partial charge is 0.125 e. The molecule has 0 spiro atoms. The molecular formula is C17H21NO2. The van der Waals surface area contributed by atoms with Gasteiger partial charge in [-0.15, -0.1) is 0 Å². The Hall–Kier alpha value is -1.53. The number of hydrogen-bond donors (Lipinski definition) is 1. The first-order valence-corrected chi connectivity index (χ1v) is 7.52. The van der Waals surface area contributed by atoms with Crippen LogP contribution in [-0.2, 0) is 0 Å². The van der Waals surface area contributed by atoms with Gasteiger partial charge in [-0.1, -0.05) is 24.6 Å². The molecule has 106 valence electrons. The van der Waals surface area contributed by atoms with Crippen molar-refractivity contribution in [1.82, 2.24) is 0 Å². The van der Waals surface area contributed by atoms with Crippen molar-refractivity contribution in [3.8, 4) is 11.8 Å². The summed E-state index contributed by atoms with van der Waals surface area (Å²) >= 11 is 0. The normalized spacial score (nSPS) is 32.9. The molecule has 2 saturated carbocycles. The Morgan fingerprint density at radius 2 is 2.25 bits per heavy atom. The van der Waals surface area contributed by atoms with E-state index in [1.54, 1.807) is 0 Å². The Bertz CT molecular complexity index is 536. The van der Waals surface area contributed by atoms with E-state index < -0.39 is 11.5 Å². The van der Waals surface area contributed by atoms with Gasteiger partial charge in [-0.2, -0.15) is 5.26 Å². The lowest BCUT2D eigenvalue weighted by molar-refractivity contribution is 0.0214. The van der Waals surface area contributed by atoms with Crippen LogP contribution in [0.3, 0.4) is 0 Å². The minimum atomic E-state index is -0.745. The maximum Gasteiger partial charge on any atom is 0.125 e. The van der Waals surface area contributed by atoms with Crippen LogP contribution in [-0.4, -0.2) is 11.7 Å². The summed E-state index contributed by atoms with van der Waals surface area (Å²) in [4.78, 5) is 0.